The van der Waals surface area contributed by atoms with Crippen molar-refractivity contribution in [2.24, 2.45) is 0 Å². The quantitative estimate of drug-likeness (QED) is 0.588. The van der Waals surface area contributed by atoms with E-state index in [0.29, 0.717) is 12.2 Å². The molecule has 0 spiro atoms. The maximum absolute atomic E-state index is 11.0. The summed E-state index contributed by atoms with van der Waals surface area (Å²) in [4.78, 5) is 11.0. The predicted octanol–water partition coefficient (Wildman–Crippen LogP) is 0.417. The molecule has 11 heavy (non-hydrogen) atoms. The van der Waals surface area contributed by atoms with Gasteiger partial charge in [-0.2, -0.15) is 11.8 Å². The molecule has 0 aromatic carbocycles. The molecule has 1 rings (SSSR count). The highest BCUT2D eigenvalue weighted by atomic mass is 32.2. The van der Waals surface area contributed by atoms with Crippen molar-refractivity contribution in [1.82, 2.24) is 0 Å². The molecule has 1 aliphatic heterocycles. The summed E-state index contributed by atoms with van der Waals surface area (Å²) in [6.07, 6.45) is 1.42. The number of carbonyl (C=O) groups is 1. The summed E-state index contributed by atoms with van der Waals surface area (Å²) >= 11 is 1.59. The van der Waals surface area contributed by atoms with Gasteiger partial charge in [-0.05, 0) is 18.6 Å². The third kappa shape index (κ3) is 1.87. The van der Waals surface area contributed by atoms with Gasteiger partial charge in [0.25, 0.3) is 0 Å². The molecule has 1 atom stereocenters. The van der Waals surface area contributed by atoms with Crippen LogP contribution in [0, 0.1) is 0 Å². The number of aliphatic hydroxyl groups is 1. The number of methoxy groups -OCH3 is 1. The number of thioether (sulfide) groups is 1. The molecule has 1 saturated heterocycles. The van der Waals surface area contributed by atoms with Crippen LogP contribution in [-0.4, -0.2) is 35.3 Å². The Morgan fingerprint density at radius 1 is 1.73 bits per heavy atom. The van der Waals surface area contributed by atoms with Crippen LogP contribution in [0.2, 0.25) is 0 Å². The Hall–Kier alpha value is -0.220. The van der Waals surface area contributed by atoms with Gasteiger partial charge in [-0.25, -0.2) is 4.79 Å². The lowest BCUT2D eigenvalue weighted by atomic mass is 10.0. The Balaban J connectivity index is 2.56. The first kappa shape index (κ1) is 8.87. The maximum Gasteiger partial charge on any atom is 0.338 e. The van der Waals surface area contributed by atoms with Crippen molar-refractivity contribution in [2.45, 2.75) is 18.4 Å². The van der Waals surface area contributed by atoms with Crippen LogP contribution in [0.25, 0.3) is 0 Å². The Labute approximate surface area is 70.1 Å². The third-order valence-corrected chi connectivity index (χ3v) is 3.04. The second-order valence-electron chi connectivity index (χ2n) is 2.68. The molecule has 1 N–H and O–H groups in total. The normalized spacial score (nSPS) is 31.5. The third-order valence-electron chi connectivity index (χ3n) is 1.79. The standard InChI is InChI=1S/C7H12O3S/c1-10-6(8)7(9)3-2-4-11-5-7/h9H,2-5H2,1H3. The Bertz CT molecular complexity index is 152. The van der Waals surface area contributed by atoms with Gasteiger partial charge in [0.15, 0.2) is 5.60 Å². The number of hydrogen-bond donors (Lipinski definition) is 1. The van der Waals surface area contributed by atoms with Crippen LogP contribution >= 0.6 is 11.8 Å². The van der Waals surface area contributed by atoms with E-state index in [-0.39, 0.29) is 0 Å². The molecule has 1 heterocycles. The first-order valence-corrected chi connectivity index (χ1v) is 4.73. The van der Waals surface area contributed by atoms with Crippen molar-refractivity contribution in [1.29, 1.82) is 0 Å². The Morgan fingerprint density at radius 3 is 2.91 bits per heavy atom. The van der Waals surface area contributed by atoms with Gasteiger partial charge < -0.3 is 9.84 Å². The molecule has 0 saturated carbocycles. The predicted molar refractivity (Wildman–Crippen MR) is 43.5 cm³/mol. The minimum absolute atomic E-state index is 0.472. The Morgan fingerprint density at radius 2 is 2.45 bits per heavy atom. The summed E-state index contributed by atoms with van der Waals surface area (Å²) in [6.45, 7) is 0. The van der Waals surface area contributed by atoms with Gasteiger partial charge in [-0.15, -0.1) is 0 Å². The highest BCUT2D eigenvalue weighted by Gasteiger charge is 2.38. The first-order valence-electron chi connectivity index (χ1n) is 3.57. The fourth-order valence-electron chi connectivity index (χ4n) is 1.13. The number of ether oxygens (including phenoxy) is 1. The lowest BCUT2D eigenvalue weighted by Gasteiger charge is -2.28. The van der Waals surface area contributed by atoms with Gasteiger partial charge >= 0.3 is 5.97 Å². The Kier molecular flexibility index (Phi) is 2.78. The fraction of sp³-hybridized carbons (Fsp3) is 0.857. The van der Waals surface area contributed by atoms with Crippen LogP contribution in [0.3, 0.4) is 0 Å². The topological polar surface area (TPSA) is 46.5 Å². The van der Waals surface area contributed by atoms with Crippen LogP contribution in [0.1, 0.15) is 12.8 Å². The van der Waals surface area contributed by atoms with E-state index >= 15 is 0 Å². The molecule has 0 bridgehead atoms. The van der Waals surface area contributed by atoms with Gasteiger partial charge in [-0.1, -0.05) is 0 Å². The van der Waals surface area contributed by atoms with Crippen LogP contribution < -0.4 is 0 Å². The van der Waals surface area contributed by atoms with Gasteiger partial charge in [0.2, 0.25) is 0 Å². The molecule has 4 heteroatoms. The highest BCUT2D eigenvalue weighted by Crippen LogP contribution is 2.27. The van der Waals surface area contributed by atoms with Crippen LogP contribution in [0.15, 0.2) is 0 Å². The average molecular weight is 176 g/mol. The van der Waals surface area contributed by atoms with Crippen molar-refractivity contribution in [2.75, 3.05) is 18.6 Å². The summed E-state index contributed by atoms with van der Waals surface area (Å²) in [7, 11) is 1.31. The molecule has 0 aliphatic carbocycles. The lowest BCUT2D eigenvalue weighted by molar-refractivity contribution is -0.160. The number of hydrogen-bond acceptors (Lipinski definition) is 4. The van der Waals surface area contributed by atoms with E-state index in [1.54, 1.807) is 11.8 Å². The monoisotopic (exact) mass is 176 g/mol. The summed E-state index contributed by atoms with van der Waals surface area (Å²) in [6, 6.07) is 0. The number of rotatable bonds is 1. The van der Waals surface area contributed by atoms with Crippen LogP contribution in [0.5, 0.6) is 0 Å². The van der Waals surface area contributed by atoms with E-state index in [1.165, 1.54) is 7.11 Å². The van der Waals surface area contributed by atoms with E-state index in [0.717, 1.165) is 12.2 Å². The molecule has 0 radical (unpaired) electrons. The largest absolute Gasteiger partial charge is 0.467 e. The molecule has 0 amide bonds. The summed E-state index contributed by atoms with van der Waals surface area (Å²) in [5, 5.41) is 9.64. The minimum Gasteiger partial charge on any atom is -0.467 e. The highest BCUT2D eigenvalue weighted by molar-refractivity contribution is 7.99. The SMILES string of the molecule is COC(=O)C1(O)CCCSC1. The van der Waals surface area contributed by atoms with Crippen molar-refractivity contribution < 1.29 is 14.6 Å². The van der Waals surface area contributed by atoms with Crippen LogP contribution in [-0.2, 0) is 9.53 Å². The summed E-state index contributed by atoms with van der Waals surface area (Å²) in [5.41, 5.74) is -1.21. The van der Waals surface area contributed by atoms with E-state index in [9.17, 15) is 9.90 Å². The van der Waals surface area contributed by atoms with Gasteiger partial charge in [0.1, 0.15) is 0 Å². The second kappa shape index (κ2) is 3.45. The number of esters is 1. The van der Waals surface area contributed by atoms with E-state index < -0.39 is 11.6 Å². The molecule has 1 aliphatic rings. The number of carbonyl (C=O) groups excluding carboxylic acids is 1. The minimum atomic E-state index is -1.21. The molecule has 64 valence electrons. The second-order valence-corrected chi connectivity index (χ2v) is 3.78. The van der Waals surface area contributed by atoms with Gasteiger partial charge in [0.05, 0.1) is 7.11 Å². The maximum atomic E-state index is 11.0. The van der Waals surface area contributed by atoms with Crippen molar-refractivity contribution >= 4 is 17.7 Å². The summed E-state index contributed by atoms with van der Waals surface area (Å²) < 4.78 is 4.49. The van der Waals surface area contributed by atoms with Crippen LogP contribution in [0.4, 0.5) is 0 Å². The molecule has 1 fully saturated rings. The molecular weight excluding hydrogens is 164 g/mol. The average Bonchev–Trinajstić information content (AvgIpc) is 2.04. The molecular formula is C7H12O3S. The first-order chi connectivity index (χ1) is 5.19. The summed E-state index contributed by atoms with van der Waals surface area (Å²) in [5.74, 6) is 1.00. The van der Waals surface area contributed by atoms with E-state index in [1.807, 2.05) is 0 Å². The zero-order valence-corrected chi connectivity index (χ0v) is 7.32. The van der Waals surface area contributed by atoms with Crippen molar-refractivity contribution in [3.05, 3.63) is 0 Å². The zero-order chi connectivity index (χ0) is 8.32. The van der Waals surface area contributed by atoms with Crippen molar-refractivity contribution in [3.63, 3.8) is 0 Å². The zero-order valence-electron chi connectivity index (χ0n) is 6.50. The molecule has 3 nitrogen and oxygen atoms in total. The van der Waals surface area contributed by atoms with Crippen molar-refractivity contribution in [3.8, 4) is 0 Å². The molecule has 0 aromatic heterocycles. The van der Waals surface area contributed by atoms with Gasteiger partial charge in [-0.3, -0.25) is 0 Å². The van der Waals surface area contributed by atoms with Gasteiger partial charge in [0, 0.05) is 5.75 Å². The fourth-order valence-corrected chi connectivity index (χ4v) is 2.22. The van der Waals surface area contributed by atoms with E-state index in [4.69, 9.17) is 0 Å². The van der Waals surface area contributed by atoms with E-state index in [2.05, 4.69) is 4.74 Å². The smallest absolute Gasteiger partial charge is 0.338 e. The molecule has 1 unspecified atom stereocenters. The lowest BCUT2D eigenvalue weighted by Crippen LogP contribution is -2.44. The molecule has 0 aromatic rings.